The molecule has 1 N–H and O–H groups in total. The van der Waals surface area contributed by atoms with E-state index >= 15 is 0 Å². The zero-order valence-corrected chi connectivity index (χ0v) is 16.8. The zero-order valence-electron chi connectivity index (χ0n) is 16.0. The Balaban J connectivity index is 1.35. The first-order valence-electron chi connectivity index (χ1n) is 9.70. The Labute approximate surface area is 176 Å². The van der Waals surface area contributed by atoms with Crippen molar-refractivity contribution in [1.29, 1.82) is 0 Å². The molecule has 146 valence electrons. The van der Waals surface area contributed by atoms with Crippen molar-refractivity contribution in [3.8, 4) is 21.9 Å². The van der Waals surface area contributed by atoms with Crippen LogP contribution in [0.2, 0.25) is 0 Å². The van der Waals surface area contributed by atoms with Crippen LogP contribution in [-0.4, -0.2) is 16.8 Å². The fourth-order valence-electron chi connectivity index (χ4n) is 3.79. The summed E-state index contributed by atoms with van der Waals surface area (Å²) in [6.07, 6.45) is 1.61. The molecular weight excluding hydrogens is 394 g/mol. The summed E-state index contributed by atoms with van der Waals surface area (Å²) in [6, 6.07) is 23.0. The SMILES string of the molecule is c1ccc2c(-c3cc4ncnc(NCc5ccc6c(c5)OCO6)c4s3)cccc2c1. The fourth-order valence-corrected chi connectivity index (χ4v) is 4.91. The van der Waals surface area contributed by atoms with Gasteiger partial charge < -0.3 is 14.8 Å². The van der Waals surface area contributed by atoms with Crippen molar-refractivity contribution in [3.05, 3.63) is 78.6 Å². The van der Waals surface area contributed by atoms with Gasteiger partial charge in [0.05, 0.1) is 10.2 Å². The summed E-state index contributed by atoms with van der Waals surface area (Å²) in [5.74, 6) is 2.42. The molecule has 6 heteroatoms. The third-order valence-electron chi connectivity index (χ3n) is 5.26. The molecule has 0 atom stereocenters. The number of nitrogens with one attached hydrogen (secondary N) is 1. The van der Waals surface area contributed by atoms with Gasteiger partial charge in [0.2, 0.25) is 6.79 Å². The molecule has 0 fully saturated rings. The van der Waals surface area contributed by atoms with Crippen molar-refractivity contribution in [2.24, 2.45) is 0 Å². The molecule has 3 aromatic carbocycles. The molecule has 0 bridgehead atoms. The molecule has 5 nitrogen and oxygen atoms in total. The second-order valence-corrected chi connectivity index (χ2v) is 8.17. The Morgan fingerprint density at radius 2 is 1.80 bits per heavy atom. The minimum absolute atomic E-state index is 0.283. The molecule has 0 aliphatic carbocycles. The van der Waals surface area contributed by atoms with E-state index < -0.39 is 0 Å². The molecule has 1 aliphatic heterocycles. The van der Waals surface area contributed by atoms with Crippen molar-refractivity contribution in [3.63, 3.8) is 0 Å². The van der Waals surface area contributed by atoms with Gasteiger partial charge in [-0.25, -0.2) is 9.97 Å². The van der Waals surface area contributed by atoms with Crippen molar-refractivity contribution in [1.82, 2.24) is 9.97 Å². The van der Waals surface area contributed by atoms with E-state index in [9.17, 15) is 0 Å². The topological polar surface area (TPSA) is 56.3 Å². The van der Waals surface area contributed by atoms with Crippen molar-refractivity contribution in [2.45, 2.75) is 6.54 Å². The van der Waals surface area contributed by atoms with Crippen LogP contribution in [0.25, 0.3) is 31.4 Å². The number of nitrogens with zero attached hydrogens (tertiary/aromatic N) is 2. The summed E-state index contributed by atoms with van der Waals surface area (Å²) in [7, 11) is 0. The van der Waals surface area contributed by atoms with Crippen LogP contribution in [0.15, 0.2) is 73.1 Å². The van der Waals surface area contributed by atoms with E-state index in [0.29, 0.717) is 6.54 Å². The van der Waals surface area contributed by atoms with Crippen LogP contribution in [0.1, 0.15) is 5.56 Å². The molecule has 2 aromatic heterocycles. The standard InChI is InChI=1S/C24H17N3O2S/c1-2-6-17-16(4-1)5-3-7-18(17)22-11-19-23(30-22)24(27-13-26-19)25-12-15-8-9-20-21(10-15)29-14-28-20/h1-11,13H,12,14H2,(H,25,26,27). The lowest BCUT2D eigenvalue weighted by atomic mass is 10.0. The molecule has 1 aliphatic rings. The summed E-state index contributed by atoms with van der Waals surface area (Å²) in [6.45, 7) is 0.926. The lowest BCUT2D eigenvalue weighted by Gasteiger charge is -2.07. The number of hydrogen-bond acceptors (Lipinski definition) is 6. The van der Waals surface area contributed by atoms with Gasteiger partial charge in [-0.3, -0.25) is 0 Å². The Morgan fingerprint density at radius 1 is 0.900 bits per heavy atom. The van der Waals surface area contributed by atoms with Crippen LogP contribution in [0.4, 0.5) is 5.82 Å². The second kappa shape index (κ2) is 7.00. The second-order valence-electron chi connectivity index (χ2n) is 7.12. The van der Waals surface area contributed by atoms with Crippen LogP contribution in [0, 0.1) is 0 Å². The molecule has 0 unspecified atom stereocenters. The van der Waals surface area contributed by atoms with Gasteiger partial charge in [-0.1, -0.05) is 48.5 Å². The summed E-state index contributed by atoms with van der Waals surface area (Å²) in [4.78, 5) is 10.2. The van der Waals surface area contributed by atoms with Crippen LogP contribution in [0.3, 0.4) is 0 Å². The van der Waals surface area contributed by atoms with E-state index in [2.05, 4.69) is 63.8 Å². The first-order chi connectivity index (χ1) is 14.8. The van der Waals surface area contributed by atoms with Crippen molar-refractivity contribution < 1.29 is 9.47 Å². The van der Waals surface area contributed by atoms with E-state index in [0.717, 1.165) is 33.1 Å². The Bertz CT molecular complexity index is 1390. The highest BCUT2D eigenvalue weighted by atomic mass is 32.1. The number of ether oxygens (including phenoxy) is 2. The van der Waals surface area contributed by atoms with Gasteiger partial charge in [0, 0.05) is 11.4 Å². The predicted molar refractivity (Wildman–Crippen MR) is 120 cm³/mol. The third-order valence-corrected chi connectivity index (χ3v) is 6.43. The molecule has 0 saturated heterocycles. The monoisotopic (exact) mass is 411 g/mol. The lowest BCUT2D eigenvalue weighted by molar-refractivity contribution is 0.174. The zero-order chi connectivity index (χ0) is 19.9. The minimum Gasteiger partial charge on any atom is -0.454 e. The van der Waals surface area contributed by atoms with Gasteiger partial charge in [-0.2, -0.15) is 0 Å². The van der Waals surface area contributed by atoms with Crippen molar-refractivity contribution in [2.75, 3.05) is 12.1 Å². The van der Waals surface area contributed by atoms with Gasteiger partial charge >= 0.3 is 0 Å². The molecule has 3 heterocycles. The largest absolute Gasteiger partial charge is 0.454 e. The molecule has 6 rings (SSSR count). The van der Waals surface area contributed by atoms with E-state index in [4.69, 9.17) is 9.47 Å². The summed E-state index contributed by atoms with van der Waals surface area (Å²) < 4.78 is 11.9. The van der Waals surface area contributed by atoms with Crippen LogP contribution < -0.4 is 14.8 Å². The summed E-state index contributed by atoms with van der Waals surface area (Å²) >= 11 is 1.71. The highest BCUT2D eigenvalue weighted by Gasteiger charge is 2.15. The summed E-state index contributed by atoms with van der Waals surface area (Å²) in [5.41, 5.74) is 3.28. The highest BCUT2D eigenvalue weighted by Crippen LogP contribution is 2.39. The van der Waals surface area contributed by atoms with Crippen LogP contribution in [0.5, 0.6) is 11.5 Å². The number of thiophene rings is 1. The third kappa shape index (κ3) is 2.93. The van der Waals surface area contributed by atoms with Gasteiger partial charge in [0.15, 0.2) is 11.5 Å². The highest BCUT2D eigenvalue weighted by molar-refractivity contribution is 7.22. The van der Waals surface area contributed by atoms with E-state index in [1.54, 1.807) is 17.7 Å². The van der Waals surface area contributed by atoms with E-state index in [-0.39, 0.29) is 6.79 Å². The van der Waals surface area contributed by atoms with Gasteiger partial charge in [0.25, 0.3) is 0 Å². The van der Waals surface area contributed by atoms with Crippen LogP contribution in [-0.2, 0) is 6.54 Å². The quantitative estimate of drug-likeness (QED) is 0.402. The van der Waals surface area contributed by atoms with Crippen molar-refractivity contribution >= 4 is 38.1 Å². The number of fused-ring (bicyclic) bond motifs is 3. The first-order valence-corrected chi connectivity index (χ1v) is 10.5. The molecule has 0 spiro atoms. The van der Waals surface area contributed by atoms with Crippen LogP contribution >= 0.6 is 11.3 Å². The average Bonchev–Trinajstić information content (AvgIpc) is 3.44. The molecule has 0 saturated carbocycles. The molecule has 0 amide bonds. The molecule has 30 heavy (non-hydrogen) atoms. The number of rotatable bonds is 4. The van der Waals surface area contributed by atoms with Gasteiger partial charge in [-0.05, 0) is 40.1 Å². The number of hydrogen-bond donors (Lipinski definition) is 1. The number of anilines is 1. The maximum atomic E-state index is 5.48. The molecule has 5 aromatic rings. The summed E-state index contributed by atoms with van der Waals surface area (Å²) in [5, 5.41) is 5.94. The fraction of sp³-hybridized carbons (Fsp3) is 0.0833. The van der Waals surface area contributed by atoms with Gasteiger partial charge in [0.1, 0.15) is 12.1 Å². The van der Waals surface area contributed by atoms with E-state index in [1.807, 2.05) is 18.2 Å². The number of aromatic nitrogens is 2. The van der Waals surface area contributed by atoms with E-state index in [1.165, 1.54) is 21.2 Å². The minimum atomic E-state index is 0.283. The molecule has 0 radical (unpaired) electrons. The average molecular weight is 411 g/mol. The smallest absolute Gasteiger partial charge is 0.231 e. The maximum Gasteiger partial charge on any atom is 0.231 e. The maximum absolute atomic E-state index is 5.48. The Morgan fingerprint density at radius 3 is 2.80 bits per heavy atom. The Hall–Kier alpha value is -3.64. The lowest BCUT2D eigenvalue weighted by Crippen LogP contribution is -2.01. The Kier molecular flexibility index (Phi) is 4.02. The number of benzene rings is 3. The van der Waals surface area contributed by atoms with Gasteiger partial charge in [-0.15, -0.1) is 11.3 Å². The predicted octanol–water partition coefficient (Wildman–Crippen LogP) is 5.85. The normalized spacial score (nSPS) is 12.5. The molecular formula is C24H17N3O2S. The first kappa shape index (κ1) is 17.2.